The normalized spacial score (nSPS) is 17.2. The van der Waals surface area contributed by atoms with E-state index in [1.54, 1.807) is 12.1 Å². The maximum absolute atomic E-state index is 12.5. The van der Waals surface area contributed by atoms with Crippen molar-refractivity contribution in [3.8, 4) is 0 Å². The van der Waals surface area contributed by atoms with E-state index in [1.807, 2.05) is 0 Å². The predicted octanol–water partition coefficient (Wildman–Crippen LogP) is 0.393. The fourth-order valence-corrected chi connectivity index (χ4v) is 3.50. The number of nitrogens with zero attached hydrogens (tertiary/aromatic N) is 1. The largest absolute Gasteiger partial charge is 0.454 e. The minimum atomic E-state index is -0.893. The van der Waals surface area contributed by atoms with Crippen LogP contribution in [0, 0.1) is 0 Å². The molecule has 1 aliphatic carbocycles. The van der Waals surface area contributed by atoms with Crippen LogP contribution < -0.4 is 16.0 Å². The number of carbonyl (C=O) groups is 5. The lowest BCUT2D eigenvalue weighted by atomic mass is 9.98. The van der Waals surface area contributed by atoms with Gasteiger partial charge in [-0.05, 0) is 37.1 Å². The van der Waals surface area contributed by atoms with Gasteiger partial charge in [0.05, 0.1) is 0 Å². The summed E-state index contributed by atoms with van der Waals surface area (Å²) >= 11 is 0. The molecule has 0 bridgehead atoms. The molecule has 1 aromatic rings. The molecular formula is C19H22N4O6. The van der Waals surface area contributed by atoms with Gasteiger partial charge in [-0.15, -0.1) is 0 Å². The number of anilines is 1. The summed E-state index contributed by atoms with van der Waals surface area (Å²) in [6, 6.07) is 5.54. The highest BCUT2D eigenvalue weighted by atomic mass is 16.5. The highest BCUT2D eigenvalue weighted by Crippen LogP contribution is 2.34. The molecule has 3 N–H and O–H groups in total. The number of carbonyl (C=O) groups excluding carboxylic acids is 5. The third-order valence-electron chi connectivity index (χ3n) is 5.01. The number of hydrogen-bond donors (Lipinski definition) is 3. The Hall–Kier alpha value is -3.43. The molecule has 1 aromatic carbocycles. The fraction of sp³-hybridized carbons (Fsp3) is 0.421. The smallest absolute Gasteiger partial charge is 0.326 e. The Morgan fingerprint density at radius 2 is 1.79 bits per heavy atom. The van der Waals surface area contributed by atoms with Gasteiger partial charge in [0, 0.05) is 18.3 Å². The van der Waals surface area contributed by atoms with E-state index in [-0.39, 0.29) is 5.91 Å². The summed E-state index contributed by atoms with van der Waals surface area (Å²) in [6.07, 6.45) is 2.80. The summed E-state index contributed by atoms with van der Waals surface area (Å²) in [7, 11) is 1.51. The molecular weight excluding hydrogens is 380 g/mol. The summed E-state index contributed by atoms with van der Waals surface area (Å²) in [4.78, 5) is 60.8. The van der Waals surface area contributed by atoms with Crippen molar-refractivity contribution in [2.75, 3.05) is 25.5 Å². The number of urea groups is 1. The number of benzene rings is 1. The first-order valence-corrected chi connectivity index (χ1v) is 9.26. The zero-order valence-electron chi connectivity index (χ0n) is 15.9. The third-order valence-corrected chi connectivity index (χ3v) is 5.01. The SMILES string of the molecule is CNC(=O)c1ccc(NC(=O)COC(=O)CN2C(=O)NC3(CCCC3)C2=O)cc1. The Morgan fingerprint density at radius 3 is 2.41 bits per heavy atom. The molecule has 2 aliphatic rings. The molecule has 10 nitrogen and oxygen atoms in total. The monoisotopic (exact) mass is 402 g/mol. The first-order valence-electron chi connectivity index (χ1n) is 9.26. The molecule has 1 heterocycles. The van der Waals surface area contributed by atoms with E-state index >= 15 is 0 Å². The first-order chi connectivity index (χ1) is 13.8. The zero-order chi connectivity index (χ0) is 21.0. The van der Waals surface area contributed by atoms with E-state index in [0.717, 1.165) is 17.7 Å². The van der Waals surface area contributed by atoms with Crippen LogP contribution in [0.2, 0.25) is 0 Å². The third kappa shape index (κ3) is 4.36. The molecule has 2 fully saturated rings. The van der Waals surface area contributed by atoms with Crippen molar-refractivity contribution in [3.63, 3.8) is 0 Å². The number of esters is 1. The van der Waals surface area contributed by atoms with Crippen LogP contribution >= 0.6 is 0 Å². The van der Waals surface area contributed by atoms with Crippen LogP contribution in [0.3, 0.4) is 0 Å². The number of hydrogen-bond acceptors (Lipinski definition) is 6. The summed E-state index contributed by atoms with van der Waals surface area (Å²) < 4.78 is 4.88. The molecule has 0 unspecified atom stereocenters. The van der Waals surface area contributed by atoms with Gasteiger partial charge in [-0.1, -0.05) is 12.8 Å². The van der Waals surface area contributed by atoms with E-state index in [2.05, 4.69) is 16.0 Å². The number of rotatable bonds is 6. The molecule has 1 spiro atoms. The van der Waals surface area contributed by atoms with Crippen molar-refractivity contribution < 1.29 is 28.7 Å². The van der Waals surface area contributed by atoms with E-state index in [0.29, 0.717) is 24.1 Å². The van der Waals surface area contributed by atoms with Crippen molar-refractivity contribution >= 4 is 35.4 Å². The van der Waals surface area contributed by atoms with E-state index in [1.165, 1.54) is 19.2 Å². The lowest BCUT2D eigenvalue weighted by Gasteiger charge is -2.19. The molecule has 29 heavy (non-hydrogen) atoms. The topological polar surface area (TPSA) is 134 Å². The van der Waals surface area contributed by atoms with Gasteiger partial charge in [-0.25, -0.2) is 4.79 Å². The van der Waals surface area contributed by atoms with Crippen LogP contribution in [-0.4, -0.2) is 60.4 Å². The van der Waals surface area contributed by atoms with Gasteiger partial charge >= 0.3 is 12.0 Å². The molecule has 0 atom stereocenters. The van der Waals surface area contributed by atoms with E-state index in [9.17, 15) is 24.0 Å². The highest BCUT2D eigenvalue weighted by Gasteiger charge is 2.52. The minimum Gasteiger partial charge on any atom is -0.454 e. The van der Waals surface area contributed by atoms with Crippen molar-refractivity contribution in [1.82, 2.24) is 15.5 Å². The standard InChI is InChI=1S/C19H22N4O6/c1-20-16(26)12-4-6-13(7-5-12)21-14(24)11-29-15(25)10-23-17(27)19(22-18(23)28)8-2-3-9-19/h4-7H,2-3,8-11H2,1H3,(H,20,26)(H,21,24)(H,22,28). The Morgan fingerprint density at radius 1 is 1.14 bits per heavy atom. The number of imide groups is 1. The molecule has 5 amide bonds. The summed E-state index contributed by atoms with van der Waals surface area (Å²) in [5.74, 6) is -2.11. The molecule has 0 aromatic heterocycles. The second-order valence-electron chi connectivity index (χ2n) is 6.98. The van der Waals surface area contributed by atoms with Crippen LogP contribution in [0.25, 0.3) is 0 Å². The van der Waals surface area contributed by atoms with Crippen LogP contribution in [0.15, 0.2) is 24.3 Å². The van der Waals surface area contributed by atoms with Crippen LogP contribution in [0.1, 0.15) is 36.0 Å². The summed E-state index contributed by atoms with van der Waals surface area (Å²) in [5.41, 5.74) is -0.0308. The van der Waals surface area contributed by atoms with E-state index in [4.69, 9.17) is 4.74 Å². The highest BCUT2D eigenvalue weighted by molar-refractivity contribution is 6.09. The van der Waals surface area contributed by atoms with Crippen LogP contribution in [0.5, 0.6) is 0 Å². The van der Waals surface area contributed by atoms with Crippen molar-refractivity contribution in [2.24, 2.45) is 0 Å². The lowest BCUT2D eigenvalue weighted by Crippen LogP contribution is -2.44. The fourth-order valence-electron chi connectivity index (χ4n) is 3.50. The Bertz CT molecular complexity index is 845. The second kappa shape index (κ2) is 8.29. The molecule has 0 radical (unpaired) electrons. The average Bonchev–Trinajstić information content (AvgIpc) is 3.27. The summed E-state index contributed by atoms with van der Waals surface area (Å²) in [5, 5.41) is 7.68. The van der Waals surface area contributed by atoms with Crippen molar-refractivity contribution in [3.05, 3.63) is 29.8 Å². The van der Waals surface area contributed by atoms with Gasteiger partial charge in [0.25, 0.3) is 17.7 Å². The van der Waals surface area contributed by atoms with Crippen molar-refractivity contribution in [2.45, 2.75) is 31.2 Å². The van der Waals surface area contributed by atoms with Gasteiger partial charge in [0.2, 0.25) is 0 Å². The second-order valence-corrected chi connectivity index (χ2v) is 6.98. The number of ether oxygens (including phenoxy) is 1. The average molecular weight is 402 g/mol. The van der Waals surface area contributed by atoms with Gasteiger partial charge in [-0.2, -0.15) is 0 Å². The number of nitrogens with one attached hydrogen (secondary N) is 3. The predicted molar refractivity (Wildman–Crippen MR) is 101 cm³/mol. The summed E-state index contributed by atoms with van der Waals surface area (Å²) in [6.45, 7) is -1.11. The zero-order valence-corrected chi connectivity index (χ0v) is 15.9. The van der Waals surface area contributed by atoms with Crippen LogP contribution in [0.4, 0.5) is 10.5 Å². The van der Waals surface area contributed by atoms with Gasteiger partial charge in [0.1, 0.15) is 12.1 Å². The molecule has 154 valence electrons. The Labute approximate surface area is 166 Å². The minimum absolute atomic E-state index is 0.253. The molecule has 3 rings (SSSR count). The molecule has 1 aliphatic heterocycles. The molecule has 1 saturated carbocycles. The number of amides is 5. The maximum Gasteiger partial charge on any atom is 0.326 e. The lowest BCUT2D eigenvalue weighted by molar-refractivity contribution is -0.150. The molecule has 10 heteroatoms. The maximum atomic E-state index is 12.5. The van der Waals surface area contributed by atoms with Gasteiger partial charge in [-0.3, -0.25) is 24.1 Å². The Balaban J connectivity index is 1.47. The van der Waals surface area contributed by atoms with Gasteiger partial charge in [0.15, 0.2) is 6.61 Å². The van der Waals surface area contributed by atoms with Gasteiger partial charge < -0.3 is 20.7 Å². The van der Waals surface area contributed by atoms with Crippen molar-refractivity contribution in [1.29, 1.82) is 0 Å². The van der Waals surface area contributed by atoms with E-state index < -0.39 is 42.5 Å². The first kappa shape index (κ1) is 20.3. The molecule has 1 saturated heterocycles. The quantitative estimate of drug-likeness (QED) is 0.466. The van der Waals surface area contributed by atoms with Crippen LogP contribution in [-0.2, 0) is 19.1 Å². The Kier molecular flexibility index (Phi) is 5.81.